The minimum Gasteiger partial charge on any atom is -0.497 e. The second-order valence-electron chi connectivity index (χ2n) is 9.11. The van der Waals surface area contributed by atoms with Gasteiger partial charge >= 0.3 is 0 Å². The lowest BCUT2D eigenvalue weighted by Gasteiger charge is -2.27. The number of ether oxygens (including phenoxy) is 1. The van der Waals surface area contributed by atoms with Crippen LogP contribution in [0.25, 0.3) is 0 Å². The summed E-state index contributed by atoms with van der Waals surface area (Å²) in [7, 11) is 1.53. The number of methoxy groups -OCH3 is 1. The molecule has 0 unspecified atom stereocenters. The lowest BCUT2D eigenvalue weighted by atomic mass is 9.99. The average molecular weight is 546 g/mol. The summed E-state index contributed by atoms with van der Waals surface area (Å²) in [5.41, 5.74) is 7.41. The van der Waals surface area contributed by atoms with Crippen LogP contribution in [0.3, 0.4) is 0 Å². The third kappa shape index (κ3) is 9.55. The predicted octanol–water partition coefficient (Wildman–Crippen LogP) is 0.817. The Labute approximate surface area is 232 Å². The first-order valence-corrected chi connectivity index (χ1v) is 12.7. The van der Waals surface area contributed by atoms with Crippen LogP contribution in [0.15, 0.2) is 84.9 Å². The fourth-order valence-electron chi connectivity index (χ4n) is 4.01. The van der Waals surface area contributed by atoms with Crippen LogP contribution in [0.1, 0.15) is 16.7 Å². The molecule has 4 amide bonds. The number of amides is 4. The number of carbonyl (C=O) groups is 4. The molecular weight excluding hydrogens is 512 g/mol. The van der Waals surface area contributed by atoms with Gasteiger partial charge in [-0.05, 0) is 35.2 Å². The van der Waals surface area contributed by atoms with E-state index in [4.69, 9.17) is 10.5 Å². The molecule has 0 saturated carbocycles. The van der Waals surface area contributed by atoms with Crippen molar-refractivity contribution in [2.24, 2.45) is 5.73 Å². The fourth-order valence-corrected chi connectivity index (χ4v) is 4.01. The molecule has 0 aliphatic heterocycles. The third-order valence-corrected chi connectivity index (χ3v) is 6.09. The Bertz CT molecular complexity index is 1270. The summed E-state index contributed by atoms with van der Waals surface area (Å²) in [6, 6.07) is 23.0. The second-order valence-corrected chi connectivity index (χ2v) is 9.11. The van der Waals surface area contributed by atoms with Crippen molar-refractivity contribution in [2.75, 3.05) is 7.11 Å². The highest BCUT2D eigenvalue weighted by Crippen LogP contribution is 2.14. The summed E-state index contributed by atoms with van der Waals surface area (Å²) in [6.45, 7) is 0.196. The van der Waals surface area contributed by atoms with E-state index in [2.05, 4.69) is 16.0 Å². The average Bonchev–Trinajstić information content (AvgIpc) is 2.95. The van der Waals surface area contributed by atoms with Crippen LogP contribution in [0.5, 0.6) is 5.75 Å². The molecule has 0 spiro atoms. The van der Waals surface area contributed by atoms with E-state index in [0.29, 0.717) is 17.7 Å². The quantitative estimate of drug-likeness (QED) is 0.189. The summed E-state index contributed by atoms with van der Waals surface area (Å²) in [5, 5.41) is 18.9. The molecule has 3 atom stereocenters. The van der Waals surface area contributed by atoms with Gasteiger partial charge in [-0.15, -0.1) is 0 Å². The molecule has 0 fully saturated rings. The molecule has 10 heteroatoms. The summed E-state index contributed by atoms with van der Waals surface area (Å²) < 4.78 is 5.16. The Morgan fingerprint density at radius 1 is 0.800 bits per heavy atom. The van der Waals surface area contributed by atoms with Crippen LogP contribution >= 0.6 is 0 Å². The smallest absolute Gasteiger partial charge is 0.251 e. The fraction of sp³-hybridized carbons (Fsp3) is 0.233. The zero-order valence-electron chi connectivity index (χ0n) is 22.1. The van der Waals surface area contributed by atoms with Gasteiger partial charge in [0.05, 0.1) is 13.2 Å². The molecule has 0 aliphatic carbocycles. The summed E-state index contributed by atoms with van der Waals surface area (Å²) in [4.78, 5) is 49.9. The Morgan fingerprint density at radius 3 is 1.95 bits per heavy atom. The summed E-state index contributed by atoms with van der Waals surface area (Å²) in [6.07, 6.45) is -0.754. The van der Waals surface area contributed by atoms with Crippen molar-refractivity contribution in [3.05, 3.63) is 108 Å². The number of hydrogen-bond acceptors (Lipinski definition) is 6. The molecule has 209 valence electrons. The van der Waals surface area contributed by atoms with E-state index in [1.807, 2.05) is 60.7 Å². The van der Waals surface area contributed by atoms with E-state index in [1.54, 1.807) is 24.3 Å². The Morgan fingerprint density at radius 2 is 1.38 bits per heavy atom. The molecule has 1 radical (unpaired) electrons. The van der Waals surface area contributed by atoms with E-state index in [0.717, 1.165) is 11.1 Å². The van der Waals surface area contributed by atoms with Crippen LogP contribution in [-0.4, -0.2) is 54.0 Å². The van der Waals surface area contributed by atoms with Gasteiger partial charge in [0.1, 0.15) is 18.2 Å². The van der Waals surface area contributed by atoms with Gasteiger partial charge in [0.25, 0.3) is 5.91 Å². The number of primary amides is 1. The molecule has 0 saturated heterocycles. The number of hydrogen-bond donors (Lipinski definition) is 5. The van der Waals surface area contributed by atoms with Gasteiger partial charge in [-0.1, -0.05) is 72.8 Å². The molecule has 10 nitrogen and oxygen atoms in total. The van der Waals surface area contributed by atoms with Crippen molar-refractivity contribution in [1.29, 1.82) is 0 Å². The highest BCUT2D eigenvalue weighted by Gasteiger charge is 2.31. The minimum atomic E-state index is -1.60. The van der Waals surface area contributed by atoms with Gasteiger partial charge < -0.3 is 31.5 Å². The molecule has 6 N–H and O–H groups in total. The first-order valence-electron chi connectivity index (χ1n) is 12.7. The van der Waals surface area contributed by atoms with E-state index in [-0.39, 0.29) is 19.4 Å². The monoisotopic (exact) mass is 545 g/mol. The van der Waals surface area contributed by atoms with E-state index in [1.165, 1.54) is 7.11 Å². The van der Waals surface area contributed by atoms with Gasteiger partial charge in [0.2, 0.25) is 17.7 Å². The van der Waals surface area contributed by atoms with E-state index >= 15 is 0 Å². The normalized spacial score (nSPS) is 12.8. The molecular formula is C30H33N4O6. The van der Waals surface area contributed by atoms with E-state index in [9.17, 15) is 24.3 Å². The highest BCUT2D eigenvalue weighted by molar-refractivity contribution is 6.08. The number of carbonyl (C=O) groups excluding carboxylic acids is 4. The number of benzene rings is 3. The van der Waals surface area contributed by atoms with Crippen LogP contribution in [0.4, 0.5) is 0 Å². The lowest BCUT2D eigenvalue weighted by Crippen LogP contribution is -2.57. The predicted molar refractivity (Wildman–Crippen MR) is 148 cm³/mol. The van der Waals surface area contributed by atoms with Crippen LogP contribution in [0, 0.1) is 6.42 Å². The second kappa shape index (κ2) is 15.0. The molecule has 3 aromatic carbocycles. The van der Waals surface area contributed by atoms with Crippen LogP contribution < -0.4 is 26.4 Å². The molecule has 40 heavy (non-hydrogen) atoms. The number of aliphatic hydroxyl groups excluding tert-OH is 1. The molecule has 3 rings (SSSR count). The van der Waals surface area contributed by atoms with Crippen molar-refractivity contribution < 1.29 is 29.0 Å². The minimum absolute atomic E-state index is 0.0581. The van der Waals surface area contributed by atoms with Crippen molar-refractivity contribution >= 4 is 23.6 Å². The Hall–Kier alpha value is -4.70. The van der Waals surface area contributed by atoms with Gasteiger partial charge in [-0.3, -0.25) is 19.2 Å². The highest BCUT2D eigenvalue weighted by atomic mass is 16.5. The van der Waals surface area contributed by atoms with Gasteiger partial charge in [0.15, 0.2) is 6.10 Å². The molecule has 0 bridgehead atoms. The van der Waals surface area contributed by atoms with Crippen molar-refractivity contribution in [2.45, 2.75) is 37.6 Å². The maximum Gasteiger partial charge on any atom is 0.251 e. The SMILES string of the molecule is COc1ccc(C[C@H](NC(=O)[CH]C(N)=O)C(=O)N[C@@H](Cc2ccccc2)[C@H](O)C(=O)NCc2ccccc2)cc1. The maximum absolute atomic E-state index is 13.5. The first-order chi connectivity index (χ1) is 19.2. The number of aliphatic hydroxyl groups is 1. The van der Waals surface area contributed by atoms with Gasteiger partial charge in [-0.25, -0.2) is 0 Å². The molecule has 3 aromatic rings. The molecule has 0 heterocycles. The lowest BCUT2D eigenvalue weighted by molar-refractivity contribution is -0.134. The van der Waals surface area contributed by atoms with Crippen molar-refractivity contribution in [3.63, 3.8) is 0 Å². The number of rotatable bonds is 14. The standard InChI is InChI=1S/C30H33N4O6/c1-40-23-14-12-21(13-15-23)17-25(33-27(36)18-26(31)35)29(38)34-24(16-20-8-4-2-5-9-20)28(37)30(39)32-19-22-10-6-3-7-11-22/h2-15,18,24-25,28,37H,16-17,19H2,1H3,(H2,31,35)(H,32,39)(H,33,36)(H,34,38)/t24-,25-,28-/m0/s1. The third-order valence-electron chi connectivity index (χ3n) is 6.09. The topological polar surface area (TPSA) is 160 Å². The first kappa shape index (κ1) is 29.9. The number of nitrogens with one attached hydrogen (secondary N) is 3. The zero-order valence-corrected chi connectivity index (χ0v) is 22.1. The zero-order chi connectivity index (χ0) is 28.9. The molecule has 0 aliphatic rings. The summed E-state index contributed by atoms with van der Waals surface area (Å²) in [5.74, 6) is -2.51. The van der Waals surface area contributed by atoms with E-state index < -0.39 is 41.8 Å². The number of nitrogens with two attached hydrogens (primary N) is 1. The maximum atomic E-state index is 13.5. The van der Waals surface area contributed by atoms with Crippen molar-refractivity contribution in [3.8, 4) is 5.75 Å². The van der Waals surface area contributed by atoms with Gasteiger partial charge in [-0.2, -0.15) is 0 Å². The molecule has 0 aromatic heterocycles. The van der Waals surface area contributed by atoms with Crippen LogP contribution in [-0.2, 0) is 38.6 Å². The van der Waals surface area contributed by atoms with Crippen LogP contribution in [0.2, 0.25) is 0 Å². The summed E-state index contributed by atoms with van der Waals surface area (Å²) >= 11 is 0. The van der Waals surface area contributed by atoms with Gasteiger partial charge in [0, 0.05) is 13.0 Å². The Balaban J connectivity index is 1.79. The Kier molecular flexibility index (Phi) is 11.2. The largest absolute Gasteiger partial charge is 0.497 e. The van der Waals surface area contributed by atoms with Crippen molar-refractivity contribution in [1.82, 2.24) is 16.0 Å².